The minimum atomic E-state index is -2.75. The van der Waals surface area contributed by atoms with Gasteiger partial charge in [-0.15, -0.1) is 0 Å². The zero-order valence-electron chi connectivity index (χ0n) is 15.3. The first kappa shape index (κ1) is 19.6. The Hall–Kier alpha value is -2.19. The fourth-order valence-electron chi connectivity index (χ4n) is 2.60. The summed E-state index contributed by atoms with van der Waals surface area (Å²) in [5, 5.41) is 4.22. The molecule has 27 heavy (non-hydrogen) atoms. The molecule has 0 saturated carbocycles. The number of anilines is 1. The van der Waals surface area contributed by atoms with E-state index in [4.69, 9.17) is 9.52 Å². The summed E-state index contributed by atoms with van der Waals surface area (Å²) in [5.41, 5.74) is 1.63. The Morgan fingerprint density at radius 2 is 2.04 bits per heavy atom. The molecule has 0 spiro atoms. The normalized spacial score (nSPS) is 13.5. The molecule has 0 unspecified atom stereocenters. The van der Waals surface area contributed by atoms with Gasteiger partial charge in [-0.3, -0.25) is 0 Å². The number of halogens is 1. The zero-order valence-corrected chi connectivity index (χ0v) is 17.7. The van der Waals surface area contributed by atoms with Gasteiger partial charge in [0, 0.05) is 28.6 Å². The summed E-state index contributed by atoms with van der Waals surface area (Å²) >= 11 is 3.55. The Labute approximate surface area is 167 Å². The van der Waals surface area contributed by atoms with Crippen molar-refractivity contribution in [1.29, 1.82) is 4.78 Å². The number of aromatic nitrogens is 2. The Balaban J connectivity index is 1.87. The van der Waals surface area contributed by atoms with Gasteiger partial charge < -0.3 is 10.1 Å². The fraction of sp³-hybridized carbons (Fsp3) is 0.263. The van der Waals surface area contributed by atoms with Crippen molar-refractivity contribution in [3.05, 3.63) is 52.8 Å². The van der Waals surface area contributed by atoms with Crippen molar-refractivity contribution in [2.24, 2.45) is 0 Å². The Kier molecular flexibility index (Phi) is 5.67. The third-order valence-electron chi connectivity index (χ3n) is 3.86. The van der Waals surface area contributed by atoms with Gasteiger partial charge in [-0.25, -0.2) is 19.0 Å². The van der Waals surface area contributed by atoms with Gasteiger partial charge in [0.25, 0.3) is 0 Å². The number of rotatable bonds is 6. The van der Waals surface area contributed by atoms with Crippen molar-refractivity contribution in [3.63, 3.8) is 0 Å². The highest BCUT2D eigenvalue weighted by molar-refractivity contribution is 9.10. The fourth-order valence-corrected chi connectivity index (χ4v) is 3.77. The molecule has 142 valence electrons. The topological polar surface area (TPSA) is 88.0 Å². The molecule has 1 heterocycles. The van der Waals surface area contributed by atoms with Gasteiger partial charge >= 0.3 is 0 Å². The average molecular weight is 449 g/mol. The molecule has 8 heteroatoms. The molecule has 0 radical (unpaired) electrons. The number of ether oxygens (including phenoxy) is 1. The van der Waals surface area contributed by atoms with E-state index in [0.717, 1.165) is 26.8 Å². The van der Waals surface area contributed by atoms with E-state index >= 15 is 0 Å². The van der Waals surface area contributed by atoms with Crippen molar-refractivity contribution in [2.75, 3.05) is 11.6 Å². The van der Waals surface area contributed by atoms with Gasteiger partial charge in [0.2, 0.25) is 0 Å². The molecular formula is C19H21BrN4O2S. The SMILES string of the molecule is CC(C)Nc1ncnc2cc(OCc3cccc([S@@](C)(=N)=O)c3)c(Br)cc12. The lowest BCUT2D eigenvalue weighted by Crippen LogP contribution is -2.11. The minimum absolute atomic E-state index is 0.260. The summed E-state index contributed by atoms with van der Waals surface area (Å²) in [6.07, 6.45) is 2.94. The lowest BCUT2D eigenvalue weighted by molar-refractivity contribution is 0.304. The van der Waals surface area contributed by atoms with Gasteiger partial charge in [0.05, 0.1) is 19.7 Å². The van der Waals surface area contributed by atoms with Crippen molar-refractivity contribution in [2.45, 2.75) is 31.4 Å². The molecule has 3 aromatic rings. The first-order valence-corrected chi connectivity index (χ1v) is 11.2. The quantitative estimate of drug-likeness (QED) is 0.563. The summed E-state index contributed by atoms with van der Waals surface area (Å²) in [4.78, 5) is 9.15. The maximum absolute atomic E-state index is 11.9. The molecule has 0 bridgehead atoms. The molecule has 3 rings (SSSR count). The molecule has 1 atom stereocenters. The summed E-state index contributed by atoms with van der Waals surface area (Å²) in [7, 11) is -2.75. The summed E-state index contributed by atoms with van der Waals surface area (Å²) < 4.78 is 26.4. The smallest absolute Gasteiger partial charge is 0.137 e. The molecule has 0 aliphatic rings. The van der Waals surface area contributed by atoms with Crippen LogP contribution in [0.25, 0.3) is 10.9 Å². The lowest BCUT2D eigenvalue weighted by Gasteiger charge is -2.14. The molecule has 0 amide bonds. The van der Waals surface area contributed by atoms with Crippen molar-refractivity contribution < 1.29 is 8.95 Å². The zero-order chi connectivity index (χ0) is 19.6. The van der Waals surface area contributed by atoms with Crippen LogP contribution in [-0.4, -0.2) is 26.5 Å². The van der Waals surface area contributed by atoms with Gasteiger partial charge in [0.1, 0.15) is 24.5 Å². The van der Waals surface area contributed by atoms with Crippen LogP contribution >= 0.6 is 15.9 Å². The largest absolute Gasteiger partial charge is 0.488 e. The highest BCUT2D eigenvalue weighted by atomic mass is 79.9. The van der Waals surface area contributed by atoms with E-state index in [1.807, 2.05) is 18.2 Å². The minimum Gasteiger partial charge on any atom is -0.488 e. The Morgan fingerprint density at radius 3 is 2.74 bits per heavy atom. The van der Waals surface area contributed by atoms with Gasteiger partial charge in [-0.2, -0.15) is 0 Å². The second kappa shape index (κ2) is 7.82. The third kappa shape index (κ3) is 4.75. The van der Waals surface area contributed by atoms with Crippen molar-refractivity contribution >= 4 is 42.4 Å². The van der Waals surface area contributed by atoms with Crippen LogP contribution in [-0.2, 0) is 16.3 Å². The number of nitrogens with zero attached hydrogens (tertiary/aromatic N) is 2. The highest BCUT2D eigenvalue weighted by Gasteiger charge is 2.11. The third-order valence-corrected chi connectivity index (χ3v) is 5.63. The molecule has 0 aliphatic carbocycles. The molecule has 6 nitrogen and oxygen atoms in total. The molecule has 2 N–H and O–H groups in total. The maximum atomic E-state index is 11.9. The van der Waals surface area contributed by atoms with Crippen LogP contribution in [0.1, 0.15) is 19.4 Å². The average Bonchev–Trinajstić information content (AvgIpc) is 2.60. The first-order valence-electron chi connectivity index (χ1n) is 8.40. The van der Waals surface area contributed by atoms with Gasteiger partial charge in [0.15, 0.2) is 0 Å². The standard InChI is InChI=1S/C19H21BrN4O2S/c1-12(2)24-19-15-8-16(20)18(9-17(15)22-11-23-19)26-10-13-5-4-6-14(7-13)27(3,21)25/h4-9,11-12,21H,10H2,1-3H3,(H,22,23,24)/t27-/m0/s1. The highest BCUT2D eigenvalue weighted by Crippen LogP contribution is 2.33. The van der Waals surface area contributed by atoms with E-state index in [1.54, 1.807) is 18.2 Å². The van der Waals surface area contributed by atoms with Crippen LogP contribution in [0.4, 0.5) is 5.82 Å². The van der Waals surface area contributed by atoms with Gasteiger partial charge in [-0.1, -0.05) is 12.1 Å². The lowest BCUT2D eigenvalue weighted by atomic mass is 10.2. The molecule has 0 saturated heterocycles. The van der Waals surface area contributed by atoms with Crippen LogP contribution in [0, 0.1) is 4.78 Å². The predicted molar refractivity (Wildman–Crippen MR) is 112 cm³/mol. The number of fused-ring (bicyclic) bond motifs is 1. The number of hydrogen-bond acceptors (Lipinski definition) is 6. The Bertz CT molecular complexity index is 1080. The maximum Gasteiger partial charge on any atom is 0.137 e. The van der Waals surface area contributed by atoms with Crippen LogP contribution in [0.2, 0.25) is 0 Å². The molecular weight excluding hydrogens is 428 g/mol. The molecule has 0 fully saturated rings. The van der Waals surface area contributed by atoms with Crippen LogP contribution < -0.4 is 10.1 Å². The van der Waals surface area contributed by atoms with E-state index in [0.29, 0.717) is 17.3 Å². The summed E-state index contributed by atoms with van der Waals surface area (Å²) in [6.45, 7) is 4.41. The number of benzene rings is 2. The number of nitrogens with one attached hydrogen (secondary N) is 2. The van der Waals surface area contributed by atoms with E-state index in [1.165, 1.54) is 12.6 Å². The van der Waals surface area contributed by atoms with Crippen molar-refractivity contribution in [1.82, 2.24) is 9.97 Å². The van der Waals surface area contributed by atoms with Crippen LogP contribution in [0.3, 0.4) is 0 Å². The Morgan fingerprint density at radius 1 is 1.26 bits per heavy atom. The van der Waals surface area contributed by atoms with Crippen molar-refractivity contribution in [3.8, 4) is 5.75 Å². The monoisotopic (exact) mass is 448 g/mol. The molecule has 1 aromatic heterocycles. The molecule has 2 aromatic carbocycles. The number of hydrogen-bond donors (Lipinski definition) is 2. The second-order valence-corrected chi connectivity index (χ2v) is 9.61. The summed E-state index contributed by atoms with van der Waals surface area (Å²) in [6, 6.07) is 11.2. The van der Waals surface area contributed by atoms with E-state index in [-0.39, 0.29) is 6.04 Å². The first-order chi connectivity index (χ1) is 12.7. The van der Waals surface area contributed by atoms with E-state index in [9.17, 15) is 4.21 Å². The van der Waals surface area contributed by atoms with E-state index in [2.05, 4.69) is 45.1 Å². The second-order valence-electron chi connectivity index (χ2n) is 6.60. The predicted octanol–water partition coefficient (Wildman–Crippen LogP) is 4.83. The van der Waals surface area contributed by atoms with Crippen LogP contribution in [0.5, 0.6) is 5.75 Å². The molecule has 0 aliphatic heterocycles. The summed E-state index contributed by atoms with van der Waals surface area (Å²) in [5.74, 6) is 1.44. The van der Waals surface area contributed by atoms with Gasteiger partial charge in [-0.05, 0) is 53.5 Å². The van der Waals surface area contributed by atoms with Crippen LogP contribution in [0.15, 0.2) is 52.1 Å². The van der Waals surface area contributed by atoms with E-state index < -0.39 is 9.73 Å².